The summed E-state index contributed by atoms with van der Waals surface area (Å²) in [5.41, 5.74) is 21.0. The number of nitrogens with one attached hydrogen (secondary N) is 14. The number of nitrogens with two attached hydrogens (primary N) is 2. The van der Waals surface area contributed by atoms with E-state index in [-0.39, 0.29) is 31.5 Å². The number of azide groups is 1. The molecule has 0 bridgehead atoms. The van der Waals surface area contributed by atoms with E-state index in [0.29, 0.717) is 29.3 Å². The molecule has 23 N–H and O–H groups in total. The highest BCUT2D eigenvalue weighted by molar-refractivity contribution is 6.05. The first-order valence-corrected chi connectivity index (χ1v) is 37.2. The number of aliphatic hydroxyl groups is 1. The number of hydrogen-bond donors (Lipinski definition) is 21. The first kappa shape index (κ1) is 96.2. The highest BCUT2D eigenvalue weighted by Gasteiger charge is 2.41. The summed E-state index contributed by atoms with van der Waals surface area (Å²) in [6.45, 7) is 0.984. The number of carboxylic acids is 4. The molecule has 117 heavy (non-hydrogen) atoms. The van der Waals surface area contributed by atoms with Gasteiger partial charge in [0.05, 0.1) is 51.8 Å². The smallest absolute Gasteiger partial charge is 0.329 e. The summed E-state index contributed by atoms with van der Waals surface area (Å²) in [7, 11) is 0. The lowest BCUT2D eigenvalue weighted by Crippen LogP contribution is -2.62. The molecule has 0 saturated carbocycles. The van der Waals surface area contributed by atoms with E-state index in [1.54, 1.807) is 30.5 Å². The van der Waals surface area contributed by atoms with Gasteiger partial charge in [0.25, 0.3) is 0 Å². The Morgan fingerprint density at radius 1 is 0.581 bits per heavy atom. The largest absolute Gasteiger partial charge is 0.481 e. The molecule has 0 aliphatic carbocycles. The molecule has 1 aliphatic heterocycles. The Labute approximate surface area is 667 Å². The summed E-state index contributed by atoms with van der Waals surface area (Å²) in [5.74, 6) is -30.2. The van der Waals surface area contributed by atoms with Crippen LogP contribution in [-0.2, 0) is 102 Å². The summed E-state index contributed by atoms with van der Waals surface area (Å²) < 4.78 is 5.68. The topological polar surface area (TPSA) is 725 Å². The number of esters is 1. The van der Waals surface area contributed by atoms with E-state index < -0.39 is 267 Å². The van der Waals surface area contributed by atoms with Gasteiger partial charge < -0.3 is 116 Å². The third-order valence-electron chi connectivity index (χ3n) is 18.0. The van der Waals surface area contributed by atoms with E-state index in [1.165, 1.54) is 12.1 Å². The average Bonchev–Trinajstić information content (AvgIpc) is 1.74. The molecule has 13 unspecified atom stereocenters. The molecule has 45 heteroatoms. The Morgan fingerprint density at radius 2 is 1.13 bits per heavy atom. The number of carboxylic acid groups (broad SMARTS) is 4. The molecule has 638 valence electrons. The second-order valence-electron chi connectivity index (χ2n) is 27.4. The van der Waals surface area contributed by atoms with Gasteiger partial charge in [-0.05, 0) is 62.7 Å². The van der Waals surface area contributed by atoms with Crippen molar-refractivity contribution in [2.45, 2.75) is 209 Å². The maximum absolute atomic E-state index is 14.9. The molecule has 2 aromatic carbocycles. The molecule has 3 aromatic rings. The number of aliphatic carboxylic acids is 4. The van der Waals surface area contributed by atoms with Crippen molar-refractivity contribution < 1.29 is 126 Å². The number of aromatic amines is 1. The number of aromatic nitrogens is 1. The van der Waals surface area contributed by atoms with Gasteiger partial charge in [-0.2, -0.15) is 0 Å². The van der Waals surface area contributed by atoms with E-state index in [2.05, 4.69) is 75.1 Å². The van der Waals surface area contributed by atoms with Crippen LogP contribution >= 0.6 is 0 Å². The van der Waals surface area contributed by atoms with Gasteiger partial charge in [-0.15, -0.1) is 0 Å². The molecule has 45 nitrogen and oxygen atoms in total. The number of rotatable bonds is 36. The van der Waals surface area contributed by atoms with Crippen molar-refractivity contribution in [1.29, 1.82) is 0 Å². The highest BCUT2D eigenvalue weighted by Crippen LogP contribution is 2.24. The minimum atomic E-state index is -2.48. The summed E-state index contributed by atoms with van der Waals surface area (Å²) in [4.78, 5) is 279. The van der Waals surface area contributed by atoms with Crippen molar-refractivity contribution >= 4 is 135 Å². The molecule has 14 amide bonds. The summed E-state index contributed by atoms with van der Waals surface area (Å²) >= 11 is 0. The number of amides is 14. The van der Waals surface area contributed by atoms with E-state index >= 15 is 0 Å². The molecule has 1 aliphatic rings. The van der Waals surface area contributed by atoms with Crippen molar-refractivity contribution in [1.82, 2.24) is 74.1 Å². The zero-order chi connectivity index (χ0) is 87.2. The van der Waals surface area contributed by atoms with Crippen LogP contribution in [0.5, 0.6) is 0 Å². The number of nitrogens with zero attached hydrogens (tertiary/aromatic N) is 3. The molecule has 1 saturated heterocycles. The number of benzene rings is 2. The summed E-state index contributed by atoms with van der Waals surface area (Å²) in [6.07, 6.45) is -2.65. The first-order chi connectivity index (χ1) is 55.4. The number of cyclic esters (lactones) is 1. The molecule has 2 heterocycles. The fourth-order valence-electron chi connectivity index (χ4n) is 11.8. The number of ether oxygens (including phenoxy) is 1. The van der Waals surface area contributed by atoms with Crippen LogP contribution in [0, 0.1) is 5.92 Å². The number of unbranched alkanes of at least 4 members (excludes halogenated alkanes) is 6. The highest BCUT2D eigenvalue weighted by atomic mass is 16.5. The van der Waals surface area contributed by atoms with Crippen LogP contribution in [0.3, 0.4) is 0 Å². The lowest BCUT2D eigenvalue weighted by atomic mass is 9.96. The van der Waals surface area contributed by atoms with Gasteiger partial charge in [0, 0.05) is 52.5 Å². The molecular formula is C72H99N19O26. The number of hydrogen-bond acceptors (Lipinski definition) is 24. The number of Topliss-reactive ketones (excluding diaryl/α,β-unsaturated/α-hetero) is 1. The summed E-state index contributed by atoms with van der Waals surface area (Å²) in [6, 6.07) is -11.2. The van der Waals surface area contributed by atoms with Crippen LogP contribution in [0.2, 0.25) is 0 Å². The maximum atomic E-state index is 14.9. The van der Waals surface area contributed by atoms with Gasteiger partial charge in [-0.1, -0.05) is 100.0 Å². The predicted molar refractivity (Wildman–Crippen MR) is 405 cm³/mol. The second-order valence-corrected chi connectivity index (χ2v) is 27.4. The van der Waals surface area contributed by atoms with Gasteiger partial charge >= 0.3 is 29.8 Å². The number of aliphatic hydroxyl groups excluding tert-OH is 1. The number of para-hydroxylation sites is 1. The third kappa shape index (κ3) is 33.0. The van der Waals surface area contributed by atoms with E-state index in [9.17, 15) is 127 Å². The SMILES string of the molecule is CCCCCCCCCC(=O)NC(Cc1c[nH]c2ccccc12)C(=O)NC(CC(N)=O)C(=O)NC(CC(=O)O)C(=O)NC1C(=O)NCC(=O)NC(CCCN)C(=O)NC(CC(=O)O)C(=O)NC(C)C(=O)NC(CC(=O)O)C(=O)NCC(=O)NC(CO)C(=O)NC(C(C)CC(=O)O)C(=O)NC(CC(=O)c2ccccc2N=[N+]=[N-])C(=O)OC1C. The molecule has 13 atom stereocenters. The van der Waals surface area contributed by atoms with Crippen LogP contribution in [0.4, 0.5) is 5.69 Å². The fourth-order valence-corrected chi connectivity index (χ4v) is 11.8. The van der Waals surface area contributed by atoms with Crippen molar-refractivity contribution in [2.24, 2.45) is 22.5 Å². The van der Waals surface area contributed by atoms with Gasteiger partial charge in [0.15, 0.2) is 5.78 Å². The Hall–Kier alpha value is -13.2. The normalized spacial score (nSPS) is 20.9. The van der Waals surface area contributed by atoms with Crippen molar-refractivity contribution in [2.75, 3.05) is 26.2 Å². The Balaban J connectivity index is 1.90. The maximum Gasteiger partial charge on any atom is 0.329 e. The van der Waals surface area contributed by atoms with Crippen LogP contribution in [0.25, 0.3) is 21.3 Å². The van der Waals surface area contributed by atoms with Crippen molar-refractivity contribution in [3.8, 4) is 0 Å². The monoisotopic (exact) mass is 1650 g/mol. The van der Waals surface area contributed by atoms with Gasteiger partial charge in [0.1, 0.15) is 72.6 Å². The van der Waals surface area contributed by atoms with Crippen LogP contribution in [0.1, 0.15) is 146 Å². The first-order valence-electron chi connectivity index (χ1n) is 37.2. The molecular weight excluding hydrogens is 1550 g/mol. The van der Waals surface area contributed by atoms with E-state index in [0.717, 1.165) is 65.0 Å². The Kier molecular flexibility index (Phi) is 40.1. The number of fused-ring (bicyclic) bond motifs is 1. The van der Waals surface area contributed by atoms with Crippen LogP contribution in [0.15, 0.2) is 59.8 Å². The number of carbonyl (C=O) groups excluding carboxylic acids is 16. The number of carbonyl (C=O) groups is 20. The lowest BCUT2D eigenvalue weighted by Gasteiger charge is -2.30. The molecule has 1 fully saturated rings. The zero-order valence-corrected chi connectivity index (χ0v) is 64.4. The second kappa shape index (κ2) is 48.8. The zero-order valence-electron chi connectivity index (χ0n) is 64.4. The number of H-pyrrole nitrogens is 1. The van der Waals surface area contributed by atoms with Crippen LogP contribution < -0.4 is 80.6 Å². The van der Waals surface area contributed by atoms with E-state index in [4.69, 9.17) is 16.2 Å². The lowest BCUT2D eigenvalue weighted by molar-refractivity contribution is -0.156. The standard InChI is InChI=1S/C72H99N19O26/c1-5-6-7-8-9-10-11-22-53(95)81-44(25-38-31-76-41-19-14-12-17-39(38)41)66(110)84-45(27-52(74)94)67(111)86-48(30-59(104)105)68(112)89-61-37(4)117-72(116)49(26-51(93)40-18-13-15-20-42(40)90-91-75)87-71(115)60(35(2)24-56(98)99)88-69(113)50(34-92)82-55(97)32-77-63(107)46(28-57(100)101)83-62(106)36(3)79-65(109)47(29-58(102)103)85-64(108)43(21-16-23-73)80-54(96)33-78-70(61)114/h12-15,17-20,31,35-37,43-50,60-61,76,92H,5-11,16,21-30,32-34,73H2,1-4H3,(H2,74,94)(H,77,107)(H,78,114)(H,79,109)(H,80,96)(H,81,95)(H,82,97)(H,83,106)(H,84,110)(H,85,108)(H,86,111)(H,87,115)(H,88,113)(H,89,112)(H,98,99)(H,100,101)(H,102,103)(H,104,105). The molecule has 0 spiro atoms. The average molecular weight is 1650 g/mol. The van der Waals surface area contributed by atoms with Gasteiger partial charge in [-0.3, -0.25) is 91.1 Å². The van der Waals surface area contributed by atoms with Crippen LogP contribution in [-0.4, -0.2) is 248 Å². The molecule has 1 aromatic heterocycles. The quantitative estimate of drug-likeness (QED) is 0.00654. The Bertz CT molecular complexity index is 4190. The van der Waals surface area contributed by atoms with Crippen molar-refractivity contribution in [3.05, 3.63) is 76.3 Å². The van der Waals surface area contributed by atoms with E-state index in [1.807, 2.05) is 16.0 Å². The minimum Gasteiger partial charge on any atom is -0.481 e. The van der Waals surface area contributed by atoms with Gasteiger partial charge in [-0.25, -0.2) is 4.79 Å². The Morgan fingerprint density at radius 3 is 1.74 bits per heavy atom. The third-order valence-corrected chi connectivity index (χ3v) is 18.0. The fraction of sp³-hybridized carbons (Fsp3) is 0.528. The summed E-state index contributed by atoms with van der Waals surface area (Å²) in [5, 5.41) is 82.0. The minimum absolute atomic E-state index is 0.0272. The predicted octanol–water partition coefficient (Wildman–Crippen LogP) is -4.26. The van der Waals surface area contributed by atoms with Gasteiger partial charge in [0.2, 0.25) is 82.7 Å². The number of ketones is 1. The van der Waals surface area contributed by atoms with Crippen molar-refractivity contribution in [3.63, 3.8) is 0 Å². The molecule has 4 rings (SSSR count). The molecule has 0 radical (unpaired) electrons. The number of primary amides is 1.